The molecule has 0 unspecified atom stereocenters. The molecule has 0 radical (unpaired) electrons. The van der Waals surface area contributed by atoms with Gasteiger partial charge in [0.25, 0.3) is 0 Å². The molecule has 0 aliphatic carbocycles. The summed E-state index contributed by atoms with van der Waals surface area (Å²) in [5, 5.41) is 12.9. The van der Waals surface area contributed by atoms with Crippen molar-refractivity contribution in [2.75, 3.05) is 0 Å². The van der Waals surface area contributed by atoms with Crippen LogP contribution < -0.4 is 5.43 Å². The highest BCUT2D eigenvalue weighted by Crippen LogP contribution is 2.21. The zero-order chi connectivity index (χ0) is 14.2. The van der Waals surface area contributed by atoms with Crippen LogP contribution >= 0.6 is 15.9 Å². The van der Waals surface area contributed by atoms with Gasteiger partial charge >= 0.3 is 5.97 Å². The molecule has 1 heterocycles. The number of carboxylic acids is 1. The standard InChI is InChI=1S/C13H11BrN2O3/c1-7-3-4-10(9(14)5-7)16-6-8(2)12(17)11(15-16)13(18)19/h3-6H,1-2H3,(H,18,19). The Labute approximate surface area is 117 Å². The average Bonchev–Trinajstić information content (AvgIpc) is 2.32. The summed E-state index contributed by atoms with van der Waals surface area (Å²) in [4.78, 5) is 22.7. The zero-order valence-corrected chi connectivity index (χ0v) is 11.9. The predicted octanol–water partition coefficient (Wildman–Crippen LogP) is 2.31. The molecule has 19 heavy (non-hydrogen) atoms. The maximum absolute atomic E-state index is 11.7. The molecule has 1 aromatic heterocycles. The molecule has 0 aliphatic rings. The van der Waals surface area contributed by atoms with Crippen molar-refractivity contribution in [2.45, 2.75) is 13.8 Å². The third-order valence-corrected chi connectivity index (χ3v) is 3.28. The van der Waals surface area contributed by atoms with E-state index in [2.05, 4.69) is 21.0 Å². The van der Waals surface area contributed by atoms with Crippen molar-refractivity contribution >= 4 is 21.9 Å². The summed E-state index contributed by atoms with van der Waals surface area (Å²) in [5.74, 6) is -1.33. The van der Waals surface area contributed by atoms with Crippen LogP contribution in [0.4, 0.5) is 0 Å². The fraction of sp³-hybridized carbons (Fsp3) is 0.154. The third kappa shape index (κ3) is 2.58. The lowest BCUT2D eigenvalue weighted by atomic mass is 10.2. The minimum atomic E-state index is -1.33. The molecule has 0 aliphatic heterocycles. The van der Waals surface area contributed by atoms with E-state index in [1.54, 1.807) is 6.92 Å². The van der Waals surface area contributed by atoms with Gasteiger partial charge in [-0.2, -0.15) is 5.10 Å². The van der Waals surface area contributed by atoms with E-state index in [1.165, 1.54) is 10.9 Å². The molecule has 0 amide bonds. The largest absolute Gasteiger partial charge is 0.476 e. The van der Waals surface area contributed by atoms with E-state index < -0.39 is 17.1 Å². The van der Waals surface area contributed by atoms with Crippen molar-refractivity contribution in [3.8, 4) is 5.69 Å². The Bertz CT molecular complexity index is 722. The van der Waals surface area contributed by atoms with Gasteiger partial charge in [0.15, 0.2) is 0 Å². The van der Waals surface area contributed by atoms with Crippen LogP contribution in [-0.2, 0) is 0 Å². The fourth-order valence-corrected chi connectivity index (χ4v) is 2.35. The molecular formula is C13H11BrN2O3. The van der Waals surface area contributed by atoms with Gasteiger partial charge in [-0.25, -0.2) is 9.48 Å². The van der Waals surface area contributed by atoms with Gasteiger partial charge < -0.3 is 5.11 Å². The van der Waals surface area contributed by atoms with Gasteiger partial charge in [-0.1, -0.05) is 6.07 Å². The van der Waals surface area contributed by atoms with Gasteiger partial charge in [0.2, 0.25) is 11.1 Å². The summed E-state index contributed by atoms with van der Waals surface area (Å²) in [5.41, 5.74) is 1.03. The first-order chi connectivity index (χ1) is 8.90. The number of benzene rings is 1. The molecule has 2 aromatic rings. The second-order valence-electron chi connectivity index (χ2n) is 4.19. The summed E-state index contributed by atoms with van der Waals surface area (Å²) in [6.07, 6.45) is 1.52. The summed E-state index contributed by atoms with van der Waals surface area (Å²) >= 11 is 3.40. The average molecular weight is 323 g/mol. The number of carbonyl (C=O) groups is 1. The number of nitrogens with zero attached hydrogens (tertiary/aromatic N) is 2. The van der Waals surface area contributed by atoms with Crippen LogP contribution in [0.25, 0.3) is 5.69 Å². The number of aromatic carboxylic acids is 1. The molecule has 0 spiro atoms. The molecule has 1 aromatic carbocycles. The minimum Gasteiger partial charge on any atom is -0.476 e. The quantitative estimate of drug-likeness (QED) is 0.920. The lowest BCUT2D eigenvalue weighted by Crippen LogP contribution is -2.23. The molecule has 0 bridgehead atoms. The van der Waals surface area contributed by atoms with Crippen molar-refractivity contribution in [1.82, 2.24) is 9.78 Å². The molecule has 0 fully saturated rings. The Morgan fingerprint density at radius 3 is 2.63 bits per heavy atom. The summed E-state index contributed by atoms with van der Waals surface area (Å²) in [6.45, 7) is 3.51. The van der Waals surface area contributed by atoms with Gasteiger partial charge in [-0.3, -0.25) is 4.79 Å². The second-order valence-corrected chi connectivity index (χ2v) is 5.05. The molecule has 0 saturated carbocycles. The third-order valence-electron chi connectivity index (χ3n) is 2.65. The Balaban J connectivity index is 2.70. The SMILES string of the molecule is Cc1ccc(-n2cc(C)c(=O)c(C(=O)O)n2)c(Br)c1. The van der Waals surface area contributed by atoms with Gasteiger partial charge in [0.05, 0.1) is 5.69 Å². The molecule has 2 rings (SSSR count). The second kappa shape index (κ2) is 4.97. The van der Waals surface area contributed by atoms with E-state index in [9.17, 15) is 9.59 Å². The maximum Gasteiger partial charge on any atom is 0.360 e. The van der Waals surface area contributed by atoms with E-state index in [0.717, 1.165) is 10.0 Å². The molecule has 0 atom stereocenters. The topological polar surface area (TPSA) is 72.2 Å². The number of hydrogen-bond acceptors (Lipinski definition) is 3. The number of hydrogen-bond donors (Lipinski definition) is 1. The molecule has 1 N–H and O–H groups in total. The Hall–Kier alpha value is -1.95. The fourth-order valence-electron chi connectivity index (χ4n) is 1.67. The molecule has 5 nitrogen and oxygen atoms in total. The first-order valence-corrected chi connectivity index (χ1v) is 6.30. The van der Waals surface area contributed by atoms with Gasteiger partial charge in [0, 0.05) is 16.2 Å². The van der Waals surface area contributed by atoms with Crippen LogP contribution in [0.15, 0.2) is 33.7 Å². The Kier molecular flexibility index (Phi) is 3.53. The molecular weight excluding hydrogens is 312 g/mol. The van der Waals surface area contributed by atoms with Gasteiger partial charge in [0.1, 0.15) is 0 Å². The molecule has 98 valence electrons. The van der Waals surface area contributed by atoms with Crippen LogP contribution in [0.1, 0.15) is 21.6 Å². The zero-order valence-electron chi connectivity index (χ0n) is 10.3. The highest BCUT2D eigenvalue weighted by molar-refractivity contribution is 9.10. The van der Waals surface area contributed by atoms with Crippen LogP contribution in [0.3, 0.4) is 0 Å². The van der Waals surface area contributed by atoms with Gasteiger partial charge in [-0.15, -0.1) is 0 Å². The van der Waals surface area contributed by atoms with E-state index in [0.29, 0.717) is 11.3 Å². The number of rotatable bonds is 2. The van der Waals surface area contributed by atoms with Crippen LogP contribution in [0.2, 0.25) is 0 Å². The highest BCUT2D eigenvalue weighted by atomic mass is 79.9. The van der Waals surface area contributed by atoms with Crippen molar-refractivity contribution < 1.29 is 9.90 Å². The lowest BCUT2D eigenvalue weighted by Gasteiger charge is -2.10. The lowest BCUT2D eigenvalue weighted by molar-refractivity contribution is 0.0686. The molecule has 0 saturated heterocycles. The Morgan fingerprint density at radius 2 is 2.05 bits per heavy atom. The minimum absolute atomic E-state index is 0.333. The maximum atomic E-state index is 11.7. The highest BCUT2D eigenvalue weighted by Gasteiger charge is 2.15. The number of carboxylic acid groups (broad SMARTS) is 1. The van der Waals surface area contributed by atoms with E-state index in [1.807, 2.05) is 25.1 Å². The van der Waals surface area contributed by atoms with E-state index >= 15 is 0 Å². The number of halogens is 1. The summed E-state index contributed by atoms with van der Waals surface area (Å²) in [7, 11) is 0. The van der Waals surface area contributed by atoms with Crippen LogP contribution in [0, 0.1) is 13.8 Å². The first kappa shape index (κ1) is 13.5. The number of aryl methyl sites for hydroxylation is 2. The smallest absolute Gasteiger partial charge is 0.360 e. The van der Waals surface area contributed by atoms with Crippen LogP contribution in [-0.4, -0.2) is 20.9 Å². The monoisotopic (exact) mass is 322 g/mol. The first-order valence-electron chi connectivity index (χ1n) is 5.50. The summed E-state index contributed by atoms with van der Waals surface area (Å²) in [6, 6.07) is 5.59. The van der Waals surface area contributed by atoms with Crippen molar-refractivity contribution in [3.05, 3.63) is 55.9 Å². The van der Waals surface area contributed by atoms with Crippen molar-refractivity contribution in [2.24, 2.45) is 0 Å². The number of aromatic nitrogens is 2. The predicted molar refractivity (Wildman–Crippen MR) is 74.0 cm³/mol. The van der Waals surface area contributed by atoms with Crippen molar-refractivity contribution in [1.29, 1.82) is 0 Å². The molecule has 6 heteroatoms. The van der Waals surface area contributed by atoms with E-state index in [4.69, 9.17) is 5.11 Å². The van der Waals surface area contributed by atoms with Crippen molar-refractivity contribution in [3.63, 3.8) is 0 Å². The van der Waals surface area contributed by atoms with Gasteiger partial charge in [-0.05, 0) is 47.5 Å². The summed E-state index contributed by atoms with van der Waals surface area (Å²) < 4.78 is 2.17. The van der Waals surface area contributed by atoms with E-state index in [-0.39, 0.29) is 0 Å². The van der Waals surface area contributed by atoms with Crippen LogP contribution in [0.5, 0.6) is 0 Å². The normalized spacial score (nSPS) is 10.5. The Morgan fingerprint density at radius 1 is 1.37 bits per heavy atom.